The number of nitrogens with one attached hydrogen (secondary N) is 1. The van der Waals surface area contributed by atoms with E-state index < -0.39 is 0 Å². The molecule has 21 heavy (non-hydrogen) atoms. The van der Waals surface area contributed by atoms with E-state index in [-0.39, 0.29) is 11.9 Å². The molecule has 0 saturated heterocycles. The molecule has 0 aliphatic rings. The molecule has 0 heterocycles. The van der Waals surface area contributed by atoms with Gasteiger partial charge in [0.1, 0.15) is 5.75 Å². The molecule has 4 heteroatoms. The van der Waals surface area contributed by atoms with Crippen LogP contribution in [0.15, 0.2) is 42.5 Å². The van der Waals surface area contributed by atoms with Gasteiger partial charge in [-0.1, -0.05) is 35.9 Å². The lowest BCUT2D eigenvalue weighted by molar-refractivity contribution is 0.0939. The average molecular weight is 304 g/mol. The maximum atomic E-state index is 12.3. The number of ether oxygens (including phenoxy) is 1. The highest BCUT2D eigenvalue weighted by atomic mass is 35.5. The van der Waals surface area contributed by atoms with Crippen molar-refractivity contribution in [2.75, 3.05) is 7.11 Å². The Balaban J connectivity index is 2.19. The van der Waals surface area contributed by atoms with Crippen molar-refractivity contribution in [3.63, 3.8) is 0 Å². The van der Waals surface area contributed by atoms with Gasteiger partial charge in [0, 0.05) is 5.56 Å². The fourth-order valence-electron chi connectivity index (χ4n) is 2.18. The smallest absolute Gasteiger partial charge is 0.253 e. The molecule has 2 aromatic rings. The van der Waals surface area contributed by atoms with Gasteiger partial charge < -0.3 is 10.1 Å². The lowest BCUT2D eigenvalue weighted by atomic mass is 10.1. The van der Waals surface area contributed by atoms with E-state index in [2.05, 4.69) is 5.32 Å². The van der Waals surface area contributed by atoms with Crippen LogP contribution >= 0.6 is 11.6 Å². The summed E-state index contributed by atoms with van der Waals surface area (Å²) in [6.07, 6.45) is 0. The number of methoxy groups -OCH3 is 1. The molecule has 0 aliphatic carbocycles. The molecule has 1 amide bonds. The first-order valence-electron chi connectivity index (χ1n) is 6.73. The van der Waals surface area contributed by atoms with E-state index in [9.17, 15) is 4.79 Å². The van der Waals surface area contributed by atoms with Crippen molar-refractivity contribution in [2.24, 2.45) is 0 Å². The molecule has 3 nitrogen and oxygen atoms in total. The van der Waals surface area contributed by atoms with Crippen molar-refractivity contribution in [2.45, 2.75) is 19.9 Å². The van der Waals surface area contributed by atoms with Crippen LogP contribution in [0.2, 0.25) is 5.02 Å². The summed E-state index contributed by atoms with van der Waals surface area (Å²) in [5.41, 5.74) is 2.43. The molecule has 0 radical (unpaired) electrons. The molecule has 110 valence electrons. The molecule has 0 aliphatic heterocycles. The van der Waals surface area contributed by atoms with Crippen LogP contribution in [-0.4, -0.2) is 13.0 Å². The fraction of sp³-hybridized carbons (Fsp3) is 0.235. The molecule has 0 fully saturated rings. The van der Waals surface area contributed by atoms with Crippen LogP contribution in [0.3, 0.4) is 0 Å². The number of amides is 1. The largest absolute Gasteiger partial charge is 0.496 e. The number of hydrogen-bond donors (Lipinski definition) is 1. The normalized spacial score (nSPS) is 11.8. The predicted molar refractivity (Wildman–Crippen MR) is 85.1 cm³/mol. The highest BCUT2D eigenvalue weighted by molar-refractivity contribution is 6.33. The Hall–Kier alpha value is -2.00. The van der Waals surface area contributed by atoms with Crippen LogP contribution in [0.25, 0.3) is 0 Å². The van der Waals surface area contributed by atoms with E-state index in [4.69, 9.17) is 16.3 Å². The van der Waals surface area contributed by atoms with Crippen molar-refractivity contribution < 1.29 is 9.53 Å². The first-order chi connectivity index (χ1) is 10.0. The van der Waals surface area contributed by atoms with Gasteiger partial charge in [-0.3, -0.25) is 4.79 Å². The Morgan fingerprint density at radius 2 is 1.95 bits per heavy atom. The van der Waals surface area contributed by atoms with Crippen molar-refractivity contribution in [1.82, 2.24) is 5.32 Å². The molecule has 0 saturated carbocycles. The first-order valence-corrected chi connectivity index (χ1v) is 7.10. The van der Waals surface area contributed by atoms with Crippen molar-refractivity contribution >= 4 is 17.5 Å². The van der Waals surface area contributed by atoms with E-state index in [1.54, 1.807) is 19.2 Å². The quantitative estimate of drug-likeness (QED) is 0.921. The van der Waals surface area contributed by atoms with Gasteiger partial charge in [0.25, 0.3) is 5.91 Å². The maximum Gasteiger partial charge on any atom is 0.253 e. The number of aryl methyl sites for hydroxylation is 1. The Bertz CT molecular complexity index is 655. The molecule has 0 unspecified atom stereocenters. The van der Waals surface area contributed by atoms with E-state index in [1.165, 1.54) is 0 Å². The number of hydrogen-bond acceptors (Lipinski definition) is 2. The zero-order valence-corrected chi connectivity index (χ0v) is 13.1. The highest BCUT2D eigenvalue weighted by Gasteiger charge is 2.16. The topological polar surface area (TPSA) is 38.3 Å². The Labute approximate surface area is 129 Å². The molecular formula is C17H18ClNO2. The van der Waals surface area contributed by atoms with Gasteiger partial charge in [0.2, 0.25) is 0 Å². The van der Waals surface area contributed by atoms with E-state index in [1.807, 2.05) is 44.2 Å². The monoisotopic (exact) mass is 303 g/mol. The summed E-state index contributed by atoms with van der Waals surface area (Å²) in [7, 11) is 1.62. The average Bonchev–Trinajstić information content (AvgIpc) is 2.46. The highest BCUT2D eigenvalue weighted by Crippen LogP contribution is 2.25. The molecule has 0 spiro atoms. The lowest BCUT2D eigenvalue weighted by Crippen LogP contribution is -2.27. The van der Waals surface area contributed by atoms with Gasteiger partial charge in [-0.15, -0.1) is 0 Å². The summed E-state index contributed by atoms with van der Waals surface area (Å²) in [6, 6.07) is 12.8. The van der Waals surface area contributed by atoms with Gasteiger partial charge >= 0.3 is 0 Å². The molecule has 2 rings (SSSR count). The third-order valence-electron chi connectivity index (χ3n) is 3.32. The van der Waals surface area contributed by atoms with Gasteiger partial charge in [-0.05, 0) is 37.6 Å². The van der Waals surface area contributed by atoms with E-state index >= 15 is 0 Å². The summed E-state index contributed by atoms with van der Waals surface area (Å²) in [5.74, 6) is 0.554. The van der Waals surface area contributed by atoms with Crippen LogP contribution < -0.4 is 10.1 Å². The summed E-state index contributed by atoms with van der Waals surface area (Å²) >= 11 is 6.13. The summed E-state index contributed by atoms with van der Waals surface area (Å²) in [6.45, 7) is 3.85. The predicted octanol–water partition coefficient (Wildman–Crippen LogP) is 4.15. The maximum absolute atomic E-state index is 12.3. The van der Waals surface area contributed by atoms with Gasteiger partial charge in [0.05, 0.1) is 23.7 Å². The number of carbonyl (C=O) groups is 1. The number of carbonyl (C=O) groups excluding carboxylic acids is 1. The molecular weight excluding hydrogens is 286 g/mol. The zero-order valence-electron chi connectivity index (χ0n) is 12.3. The third-order valence-corrected chi connectivity index (χ3v) is 3.63. The second kappa shape index (κ2) is 6.64. The van der Waals surface area contributed by atoms with Crippen molar-refractivity contribution in [3.8, 4) is 5.75 Å². The molecule has 2 aromatic carbocycles. The molecule has 1 N–H and O–H groups in total. The lowest BCUT2D eigenvalue weighted by Gasteiger charge is -2.17. The number of rotatable bonds is 4. The Morgan fingerprint density at radius 3 is 2.62 bits per heavy atom. The van der Waals surface area contributed by atoms with Crippen LogP contribution in [0.1, 0.15) is 34.5 Å². The second-order valence-corrected chi connectivity index (χ2v) is 5.33. The van der Waals surface area contributed by atoms with E-state index in [0.717, 1.165) is 16.9 Å². The Kier molecular flexibility index (Phi) is 4.86. The van der Waals surface area contributed by atoms with Crippen LogP contribution in [-0.2, 0) is 0 Å². The third kappa shape index (κ3) is 3.56. The minimum Gasteiger partial charge on any atom is -0.496 e. The molecule has 0 bridgehead atoms. The molecule has 0 aromatic heterocycles. The molecule has 1 atom stereocenters. The summed E-state index contributed by atoms with van der Waals surface area (Å²) in [5, 5.41) is 3.40. The SMILES string of the molecule is COc1ccccc1[C@@H](C)NC(=O)c1ccc(C)cc1Cl. The van der Waals surface area contributed by atoms with Gasteiger partial charge in [0.15, 0.2) is 0 Å². The number of halogens is 1. The number of benzene rings is 2. The van der Waals surface area contributed by atoms with Gasteiger partial charge in [-0.25, -0.2) is 0 Å². The van der Waals surface area contributed by atoms with Crippen LogP contribution in [0.4, 0.5) is 0 Å². The minimum absolute atomic E-state index is 0.175. The second-order valence-electron chi connectivity index (χ2n) is 4.92. The Morgan fingerprint density at radius 1 is 1.24 bits per heavy atom. The number of para-hydroxylation sites is 1. The van der Waals surface area contributed by atoms with Crippen LogP contribution in [0.5, 0.6) is 5.75 Å². The van der Waals surface area contributed by atoms with Crippen molar-refractivity contribution in [1.29, 1.82) is 0 Å². The standard InChI is InChI=1S/C17H18ClNO2/c1-11-8-9-14(15(18)10-11)17(20)19-12(2)13-6-4-5-7-16(13)21-3/h4-10,12H,1-3H3,(H,19,20)/t12-/m1/s1. The zero-order chi connectivity index (χ0) is 15.4. The summed E-state index contributed by atoms with van der Waals surface area (Å²) in [4.78, 5) is 12.3. The van der Waals surface area contributed by atoms with E-state index in [0.29, 0.717) is 10.6 Å². The van der Waals surface area contributed by atoms with Crippen LogP contribution in [0, 0.1) is 6.92 Å². The first kappa shape index (κ1) is 15.4. The fourth-order valence-corrected chi connectivity index (χ4v) is 2.50. The van der Waals surface area contributed by atoms with Gasteiger partial charge in [-0.2, -0.15) is 0 Å². The van der Waals surface area contributed by atoms with Crippen molar-refractivity contribution in [3.05, 3.63) is 64.2 Å². The summed E-state index contributed by atoms with van der Waals surface area (Å²) < 4.78 is 5.32. The minimum atomic E-state index is -0.196.